The van der Waals surface area contributed by atoms with Crippen LogP contribution in [0.5, 0.6) is 11.5 Å². The average molecular weight is 568 g/mol. The van der Waals surface area contributed by atoms with Crippen LogP contribution in [0.1, 0.15) is 62.5 Å². The van der Waals surface area contributed by atoms with Crippen molar-refractivity contribution in [3.63, 3.8) is 0 Å². The number of carbonyl (C=O) groups is 2. The van der Waals surface area contributed by atoms with E-state index in [9.17, 15) is 9.59 Å². The molecule has 5 aliphatic rings. The van der Waals surface area contributed by atoms with Gasteiger partial charge in [-0.15, -0.1) is 24.8 Å². The summed E-state index contributed by atoms with van der Waals surface area (Å²) in [5.74, 6) is 1.71. The van der Waals surface area contributed by atoms with Crippen LogP contribution < -0.4 is 20.2 Å². The van der Waals surface area contributed by atoms with Gasteiger partial charge in [-0.05, 0) is 57.3 Å². The molecule has 1 spiro atoms. The zero-order valence-electron chi connectivity index (χ0n) is 22.1. The highest BCUT2D eigenvalue weighted by Crippen LogP contribution is 2.62. The Hall–Kier alpha value is -2.00. The molecule has 0 radical (unpaired) electrons. The van der Waals surface area contributed by atoms with Crippen molar-refractivity contribution in [3.05, 3.63) is 35.4 Å². The molecule has 38 heavy (non-hydrogen) atoms. The molecule has 2 amide bonds. The van der Waals surface area contributed by atoms with Gasteiger partial charge in [-0.3, -0.25) is 10.2 Å². The molecule has 8 nitrogen and oxygen atoms in total. The summed E-state index contributed by atoms with van der Waals surface area (Å²) in [4.78, 5) is 27.4. The van der Waals surface area contributed by atoms with Gasteiger partial charge < -0.3 is 19.7 Å². The quantitative estimate of drug-likeness (QED) is 0.397. The minimum Gasteiger partial charge on any atom is -0.485 e. The number of piperidine rings is 1. The number of benzene rings is 1. The summed E-state index contributed by atoms with van der Waals surface area (Å²) in [7, 11) is 2.23. The average Bonchev–Trinajstić information content (AvgIpc) is 3.01. The molecule has 0 aromatic heterocycles. The SMILES string of the molecule is CN1CC[C@]23c4c5ccc(OC(=O)NCCCC(=O)NN6CCCCCC6)c4O[C@H]2CC=CC3C1C5.Cl.Cl. The molecule has 2 aliphatic carbocycles. The van der Waals surface area contributed by atoms with Crippen molar-refractivity contribution in [2.24, 2.45) is 5.92 Å². The molecule has 1 aromatic rings. The molecular formula is C28H40Cl2N4O4. The van der Waals surface area contributed by atoms with Gasteiger partial charge in [-0.25, -0.2) is 9.80 Å². The zero-order chi connectivity index (χ0) is 24.7. The van der Waals surface area contributed by atoms with E-state index in [4.69, 9.17) is 9.47 Å². The maximum atomic E-state index is 12.6. The second-order valence-corrected chi connectivity index (χ2v) is 11.1. The molecule has 4 atom stereocenters. The number of likely N-dealkylation sites (tertiary alicyclic amines) is 1. The zero-order valence-corrected chi connectivity index (χ0v) is 23.7. The smallest absolute Gasteiger partial charge is 0.412 e. The van der Waals surface area contributed by atoms with Crippen molar-refractivity contribution < 1.29 is 19.1 Å². The Morgan fingerprint density at radius 3 is 2.71 bits per heavy atom. The minimum absolute atomic E-state index is 0. The van der Waals surface area contributed by atoms with E-state index in [0.717, 1.165) is 57.5 Å². The fraction of sp³-hybridized carbons (Fsp3) is 0.643. The Labute approximate surface area is 237 Å². The fourth-order valence-corrected chi connectivity index (χ4v) is 7.27. The molecule has 2 unspecified atom stereocenters. The number of carbonyl (C=O) groups excluding carboxylic acids is 2. The van der Waals surface area contributed by atoms with Gasteiger partial charge in [0, 0.05) is 55.4 Å². The fourth-order valence-electron chi connectivity index (χ4n) is 7.27. The number of hydrazine groups is 1. The van der Waals surface area contributed by atoms with Crippen molar-refractivity contribution in [1.29, 1.82) is 0 Å². The summed E-state index contributed by atoms with van der Waals surface area (Å²) in [5, 5.41) is 4.84. The number of halogens is 2. The van der Waals surface area contributed by atoms with Crippen LogP contribution >= 0.6 is 24.8 Å². The van der Waals surface area contributed by atoms with E-state index in [1.165, 1.54) is 24.0 Å². The predicted molar refractivity (Wildman–Crippen MR) is 150 cm³/mol. The van der Waals surface area contributed by atoms with Gasteiger partial charge in [-0.2, -0.15) is 0 Å². The summed E-state index contributed by atoms with van der Waals surface area (Å²) in [6, 6.07) is 4.51. The maximum Gasteiger partial charge on any atom is 0.412 e. The van der Waals surface area contributed by atoms with Gasteiger partial charge in [0.2, 0.25) is 5.91 Å². The highest BCUT2D eigenvalue weighted by Gasteiger charge is 2.62. The van der Waals surface area contributed by atoms with E-state index < -0.39 is 6.09 Å². The van der Waals surface area contributed by atoms with Crippen LogP contribution in [-0.4, -0.2) is 67.3 Å². The molecule has 2 N–H and O–H groups in total. The lowest BCUT2D eigenvalue weighted by Gasteiger charge is -2.55. The lowest BCUT2D eigenvalue weighted by Crippen LogP contribution is -2.62. The summed E-state index contributed by atoms with van der Waals surface area (Å²) < 4.78 is 12.3. The molecule has 10 heteroatoms. The highest BCUT2D eigenvalue weighted by molar-refractivity contribution is 5.85. The van der Waals surface area contributed by atoms with Gasteiger partial charge in [-0.1, -0.05) is 31.1 Å². The number of amides is 2. The topological polar surface area (TPSA) is 83.1 Å². The minimum atomic E-state index is -0.498. The molecule has 1 aromatic carbocycles. The van der Waals surface area contributed by atoms with Gasteiger partial charge in [0.05, 0.1) is 0 Å². The molecule has 0 saturated carbocycles. The van der Waals surface area contributed by atoms with Gasteiger partial charge >= 0.3 is 6.09 Å². The monoisotopic (exact) mass is 566 g/mol. The summed E-state index contributed by atoms with van der Waals surface area (Å²) >= 11 is 0. The number of nitrogens with zero attached hydrogens (tertiary/aromatic N) is 2. The van der Waals surface area contributed by atoms with Crippen molar-refractivity contribution in [1.82, 2.24) is 20.7 Å². The Morgan fingerprint density at radius 2 is 1.92 bits per heavy atom. The number of hydrogen-bond acceptors (Lipinski definition) is 6. The first-order chi connectivity index (χ1) is 17.6. The standard InChI is InChI=1S/C28H38N4O4.2ClH/c1-31-17-13-28-20-8-6-9-23(28)36-26-22(12-11-19(25(26)28)18-21(20)31)35-27(34)29-14-7-10-24(33)30-32-15-4-2-3-5-16-32;;/h6,8,11-12,20-21,23H,2-5,7,9-10,13-18H2,1H3,(H,29,34)(H,30,33);2*1H/t20?,21?,23-,28+;;/m0../s1. The van der Waals surface area contributed by atoms with Crippen LogP contribution in [0.2, 0.25) is 0 Å². The van der Waals surface area contributed by atoms with Gasteiger partial charge in [0.15, 0.2) is 11.5 Å². The van der Waals surface area contributed by atoms with Crippen molar-refractivity contribution in [3.8, 4) is 11.5 Å². The largest absolute Gasteiger partial charge is 0.485 e. The molecule has 6 rings (SSSR count). The number of hydrogen-bond donors (Lipinski definition) is 2. The van der Waals surface area contributed by atoms with E-state index in [1.54, 1.807) is 0 Å². The van der Waals surface area contributed by atoms with Crippen molar-refractivity contribution >= 4 is 36.8 Å². The first-order valence-electron chi connectivity index (χ1n) is 13.8. The third-order valence-electron chi connectivity index (χ3n) is 9.03. The first-order valence-corrected chi connectivity index (χ1v) is 13.8. The molecule has 210 valence electrons. The Morgan fingerprint density at radius 1 is 1.13 bits per heavy atom. The number of nitrogens with one attached hydrogen (secondary N) is 2. The molecular weight excluding hydrogens is 527 g/mol. The summed E-state index contributed by atoms with van der Waals surface area (Å²) in [5.41, 5.74) is 5.60. The molecule has 2 fully saturated rings. The Balaban J connectivity index is 0.00000168. The first kappa shape index (κ1) is 29.0. The highest BCUT2D eigenvalue weighted by atomic mass is 35.5. The van der Waals surface area contributed by atoms with Crippen LogP contribution in [0.4, 0.5) is 4.79 Å². The Kier molecular flexibility index (Phi) is 9.18. The maximum absolute atomic E-state index is 12.6. The van der Waals surface area contributed by atoms with Crippen molar-refractivity contribution in [2.45, 2.75) is 75.3 Å². The lowest BCUT2D eigenvalue weighted by atomic mass is 9.54. The Bertz CT molecular complexity index is 1060. The van der Waals surface area contributed by atoms with Crippen LogP contribution in [0.25, 0.3) is 0 Å². The summed E-state index contributed by atoms with van der Waals surface area (Å²) in [6.45, 7) is 3.28. The van der Waals surface area contributed by atoms with Gasteiger partial charge in [0.25, 0.3) is 0 Å². The normalized spacial score (nSPS) is 29.0. The van der Waals surface area contributed by atoms with E-state index >= 15 is 0 Å². The predicted octanol–water partition coefficient (Wildman–Crippen LogP) is 4.14. The third-order valence-corrected chi connectivity index (χ3v) is 9.03. The summed E-state index contributed by atoms with van der Waals surface area (Å²) in [6.07, 6.45) is 12.9. The van der Waals surface area contributed by atoms with Crippen LogP contribution in [-0.2, 0) is 16.6 Å². The molecule has 3 aliphatic heterocycles. The number of likely N-dealkylation sites (N-methyl/N-ethyl adjacent to an activating group) is 1. The van der Waals surface area contributed by atoms with E-state index in [1.807, 2.05) is 11.1 Å². The van der Waals surface area contributed by atoms with Crippen LogP contribution in [0.3, 0.4) is 0 Å². The second-order valence-electron chi connectivity index (χ2n) is 11.1. The van der Waals surface area contributed by atoms with Gasteiger partial charge in [0.1, 0.15) is 6.10 Å². The van der Waals surface area contributed by atoms with E-state index in [2.05, 4.69) is 40.9 Å². The molecule has 3 heterocycles. The van der Waals surface area contributed by atoms with E-state index in [0.29, 0.717) is 37.1 Å². The van der Waals surface area contributed by atoms with Crippen LogP contribution in [0, 0.1) is 5.92 Å². The van der Waals surface area contributed by atoms with Crippen LogP contribution in [0.15, 0.2) is 24.3 Å². The number of rotatable bonds is 6. The lowest BCUT2D eigenvalue weighted by molar-refractivity contribution is -0.126. The van der Waals surface area contributed by atoms with Crippen molar-refractivity contribution in [2.75, 3.05) is 33.2 Å². The number of ether oxygens (including phenoxy) is 2. The third kappa shape index (κ3) is 5.12. The second kappa shape index (κ2) is 12.0. The molecule has 2 bridgehead atoms. The van der Waals surface area contributed by atoms with E-state index in [-0.39, 0.29) is 42.2 Å². The molecule has 2 saturated heterocycles.